The molecule has 2 aliphatic heterocycles. The standard InChI is InChI=1S/C18H25N3O2/c1-14-4-6-16(7-5-14)21-13-15(12-17(21)22)18(23)20-9-3-8-19(2)10-11-20/h4-7,15H,3,8-13H2,1-2H3/t15-/m0/s1. The summed E-state index contributed by atoms with van der Waals surface area (Å²) in [5.41, 5.74) is 2.06. The Hall–Kier alpha value is -1.88. The highest BCUT2D eigenvalue weighted by atomic mass is 16.2. The summed E-state index contributed by atoms with van der Waals surface area (Å²) in [7, 11) is 2.09. The van der Waals surface area contributed by atoms with Crippen molar-refractivity contribution in [1.82, 2.24) is 9.80 Å². The van der Waals surface area contributed by atoms with E-state index in [-0.39, 0.29) is 17.7 Å². The predicted molar refractivity (Wildman–Crippen MR) is 90.3 cm³/mol. The number of benzene rings is 1. The Morgan fingerprint density at radius 1 is 1.09 bits per heavy atom. The van der Waals surface area contributed by atoms with Crippen molar-refractivity contribution in [3.8, 4) is 0 Å². The lowest BCUT2D eigenvalue weighted by Crippen LogP contribution is -2.39. The van der Waals surface area contributed by atoms with Crippen LogP contribution in [0.2, 0.25) is 0 Å². The smallest absolute Gasteiger partial charge is 0.228 e. The van der Waals surface area contributed by atoms with Crippen LogP contribution in [0.15, 0.2) is 24.3 Å². The molecule has 0 aliphatic carbocycles. The third kappa shape index (κ3) is 3.55. The van der Waals surface area contributed by atoms with Crippen molar-refractivity contribution in [3.05, 3.63) is 29.8 Å². The first kappa shape index (κ1) is 16.0. The number of hydrogen-bond donors (Lipinski definition) is 0. The fourth-order valence-electron chi connectivity index (χ4n) is 3.37. The molecule has 0 radical (unpaired) electrons. The maximum absolute atomic E-state index is 12.8. The molecule has 0 unspecified atom stereocenters. The number of carbonyl (C=O) groups excluding carboxylic acids is 2. The fraction of sp³-hybridized carbons (Fsp3) is 0.556. The fourth-order valence-corrected chi connectivity index (χ4v) is 3.37. The molecule has 3 rings (SSSR count). The summed E-state index contributed by atoms with van der Waals surface area (Å²) in [5.74, 6) is -0.00499. The zero-order chi connectivity index (χ0) is 16.4. The van der Waals surface area contributed by atoms with Crippen LogP contribution in [-0.2, 0) is 9.59 Å². The molecule has 5 heteroatoms. The first-order chi connectivity index (χ1) is 11.0. The quantitative estimate of drug-likeness (QED) is 0.831. The molecule has 1 aromatic rings. The minimum atomic E-state index is -0.202. The van der Waals surface area contributed by atoms with Crippen molar-refractivity contribution >= 4 is 17.5 Å². The highest BCUT2D eigenvalue weighted by Gasteiger charge is 2.37. The van der Waals surface area contributed by atoms with E-state index in [1.165, 1.54) is 5.56 Å². The van der Waals surface area contributed by atoms with Crippen LogP contribution in [0, 0.1) is 12.8 Å². The maximum Gasteiger partial charge on any atom is 0.228 e. The molecule has 124 valence electrons. The van der Waals surface area contributed by atoms with Crippen LogP contribution in [0.1, 0.15) is 18.4 Å². The van der Waals surface area contributed by atoms with Gasteiger partial charge in [-0.1, -0.05) is 17.7 Å². The number of rotatable bonds is 2. The largest absolute Gasteiger partial charge is 0.341 e. The van der Waals surface area contributed by atoms with E-state index in [1.54, 1.807) is 4.90 Å². The van der Waals surface area contributed by atoms with E-state index >= 15 is 0 Å². The molecule has 0 N–H and O–H groups in total. The number of nitrogens with zero attached hydrogens (tertiary/aromatic N) is 3. The molecule has 1 atom stereocenters. The maximum atomic E-state index is 12.8. The van der Waals surface area contributed by atoms with Gasteiger partial charge >= 0.3 is 0 Å². The van der Waals surface area contributed by atoms with Crippen LogP contribution < -0.4 is 4.90 Å². The van der Waals surface area contributed by atoms with E-state index in [1.807, 2.05) is 36.1 Å². The van der Waals surface area contributed by atoms with Crippen molar-refractivity contribution in [3.63, 3.8) is 0 Å². The average Bonchev–Trinajstić information content (AvgIpc) is 2.79. The number of hydrogen-bond acceptors (Lipinski definition) is 3. The Bertz CT molecular complexity index is 584. The van der Waals surface area contributed by atoms with Crippen LogP contribution in [0.4, 0.5) is 5.69 Å². The number of amides is 2. The molecule has 23 heavy (non-hydrogen) atoms. The molecule has 2 fully saturated rings. The molecular formula is C18H25N3O2. The number of aryl methyl sites for hydroxylation is 1. The van der Waals surface area contributed by atoms with Crippen LogP contribution in [-0.4, -0.2) is 61.4 Å². The van der Waals surface area contributed by atoms with Gasteiger partial charge in [0.05, 0.1) is 5.92 Å². The lowest BCUT2D eigenvalue weighted by atomic mass is 10.1. The third-order valence-electron chi connectivity index (χ3n) is 4.85. The van der Waals surface area contributed by atoms with Crippen LogP contribution in [0.25, 0.3) is 0 Å². The first-order valence-electron chi connectivity index (χ1n) is 8.39. The normalized spacial score (nSPS) is 23.2. The molecule has 0 spiro atoms. The first-order valence-corrected chi connectivity index (χ1v) is 8.39. The molecule has 2 heterocycles. The molecule has 2 saturated heterocycles. The molecule has 5 nitrogen and oxygen atoms in total. The van der Waals surface area contributed by atoms with Crippen molar-refractivity contribution in [2.45, 2.75) is 19.8 Å². The molecule has 0 saturated carbocycles. The van der Waals surface area contributed by atoms with E-state index in [4.69, 9.17) is 0 Å². The van der Waals surface area contributed by atoms with Crippen molar-refractivity contribution in [2.24, 2.45) is 5.92 Å². The topological polar surface area (TPSA) is 43.9 Å². The van der Waals surface area contributed by atoms with E-state index in [2.05, 4.69) is 11.9 Å². The van der Waals surface area contributed by atoms with E-state index < -0.39 is 0 Å². The Morgan fingerprint density at radius 3 is 2.57 bits per heavy atom. The summed E-state index contributed by atoms with van der Waals surface area (Å²) in [5, 5.41) is 0. The zero-order valence-corrected chi connectivity index (χ0v) is 14.0. The van der Waals surface area contributed by atoms with Gasteiger partial charge in [-0.25, -0.2) is 0 Å². The predicted octanol–water partition coefficient (Wildman–Crippen LogP) is 1.51. The van der Waals surface area contributed by atoms with Gasteiger partial charge in [-0.15, -0.1) is 0 Å². The van der Waals surface area contributed by atoms with Gasteiger partial charge in [-0.2, -0.15) is 0 Å². The van der Waals surface area contributed by atoms with Gasteiger partial charge in [0.15, 0.2) is 0 Å². The molecular weight excluding hydrogens is 290 g/mol. The van der Waals surface area contributed by atoms with Gasteiger partial charge in [0.2, 0.25) is 11.8 Å². The minimum absolute atomic E-state index is 0.0548. The van der Waals surface area contributed by atoms with Crippen LogP contribution in [0.5, 0.6) is 0 Å². The van der Waals surface area contributed by atoms with E-state index in [0.717, 1.165) is 38.3 Å². The lowest BCUT2D eigenvalue weighted by Gasteiger charge is -2.24. The van der Waals surface area contributed by atoms with Crippen molar-refractivity contribution < 1.29 is 9.59 Å². The number of likely N-dealkylation sites (N-methyl/N-ethyl adjacent to an activating group) is 1. The minimum Gasteiger partial charge on any atom is -0.341 e. The van der Waals surface area contributed by atoms with E-state index in [0.29, 0.717) is 13.0 Å². The van der Waals surface area contributed by atoms with Gasteiger partial charge in [0.1, 0.15) is 0 Å². The highest BCUT2D eigenvalue weighted by molar-refractivity contribution is 6.00. The summed E-state index contributed by atoms with van der Waals surface area (Å²) in [6.07, 6.45) is 1.34. The second kappa shape index (κ2) is 6.71. The SMILES string of the molecule is Cc1ccc(N2C[C@@H](C(=O)N3CCCN(C)CC3)CC2=O)cc1. The summed E-state index contributed by atoms with van der Waals surface area (Å²) in [6, 6.07) is 7.92. The van der Waals surface area contributed by atoms with Crippen LogP contribution >= 0.6 is 0 Å². The van der Waals surface area contributed by atoms with Gasteiger partial charge < -0.3 is 14.7 Å². The zero-order valence-electron chi connectivity index (χ0n) is 14.0. The third-order valence-corrected chi connectivity index (χ3v) is 4.85. The van der Waals surface area contributed by atoms with Gasteiger partial charge in [0.25, 0.3) is 0 Å². The molecule has 2 aliphatic rings. The van der Waals surface area contributed by atoms with E-state index in [9.17, 15) is 9.59 Å². The number of carbonyl (C=O) groups is 2. The van der Waals surface area contributed by atoms with Crippen molar-refractivity contribution in [1.29, 1.82) is 0 Å². The Labute approximate surface area is 137 Å². The monoisotopic (exact) mass is 315 g/mol. The second-order valence-electron chi connectivity index (χ2n) is 6.72. The Morgan fingerprint density at radius 2 is 1.83 bits per heavy atom. The summed E-state index contributed by atoms with van der Waals surface area (Å²) in [4.78, 5) is 31.0. The van der Waals surface area contributed by atoms with Gasteiger partial charge in [0, 0.05) is 38.3 Å². The molecule has 1 aromatic carbocycles. The van der Waals surface area contributed by atoms with Crippen molar-refractivity contribution in [2.75, 3.05) is 44.7 Å². The summed E-state index contributed by atoms with van der Waals surface area (Å²) in [6.45, 7) is 6.05. The molecule has 2 amide bonds. The van der Waals surface area contributed by atoms with Gasteiger partial charge in [-0.05, 0) is 39.1 Å². The van der Waals surface area contributed by atoms with Crippen LogP contribution in [0.3, 0.4) is 0 Å². The lowest BCUT2D eigenvalue weighted by molar-refractivity contribution is -0.135. The number of anilines is 1. The summed E-state index contributed by atoms with van der Waals surface area (Å²) >= 11 is 0. The van der Waals surface area contributed by atoms with Gasteiger partial charge in [-0.3, -0.25) is 9.59 Å². The Balaban J connectivity index is 1.66. The summed E-state index contributed by atoms with van der Waals surface area (Å²) < 4.78 is 0. The second-order valence-corrected chi connectivity index (χ2v) is 6.72. The highest BCUT2D eigenvalue weighted by Crippen LogP contribution is 2.26. The average molecular weight is 315 g/mol. The Kier molecular flexibility index (Phi) is 4.66. The molecule has 0 bridgehead atoms. The molecule has 0 aromatic heterocycles.